The molecule has 1 fully saturated rings. The minimum Gasteiger partial charge on any atom is -0.481 e. The second kappa shape index (κ2) is 7.12. The summed E-state index contributed by atoms with van der Waals surface area (Å²) < 4.78 is 0. The molecule has 2 amide bonds. The van der Waals surface area contributed by atoms with E-state index in [2.05, 4.69) is 10.6 Å². The summed E-state index contributed by atoms with van der Waals surface area (Å²) in [6.45, 7) is 0. The van der Waals surface area contributed by atoms with Crippen molar-refractivity contribution in [2.45, 2.75) is 24.9 Å². The van der Waals surface area contributed by atoms with Crippen LogP contribution in [0.1, 0.15) is 24.4 Å². The Morgan fingerprint density at radius 3 is 2.67 bits per heavy atom. The van der Waals surface area contributed by atoms with Crippen molar-refractivity contribution in [1.29, 1.82) is 0 Å². The molecule has 6 nitrogen and oxygen atoms in total. The predicted octanol–water partition coefficient (Wildman–Crippen LogP) is 1.53. The second-order valence-corrected chi connectivity index (χ2v) is 5.69. The fourth-order valence-corrected chi connectivity index (χ4v) is 2.85. The first-order valence-corrected chi connectivity index (χ1v) is 7.55. The third kappa shape index (κ3) is 4.49. The Hall–Kier alpha value is -2.02. The minimum atomic E-state index is -0.907. The number of carbonyl (C=O) groups excluding carboxylic acids is 2. The number of carbonyl (C=O) groups is 3. The minimum absolute atomic E-state index is 0.0361. The van der Waals surface area contributed by atoms with Crippen molar-refractivity contribution in [2.24, 2.45) is 0 Å². The Balaban J connectivity index is 2.03. The largest absolute Gasteiger partial charge is 0.481 e. The van der Waals surface area contributed by atoms with Crippen LogP contribution in [-0.4, -0.2) is 34.0 Å². The normalized spacial score (nSPS) is 18.9. The van der Waals surface area contributed by atoms with Crippen LogP contribution in [0.25, 0.3) is 0 Å². The molecule has 0 aliphatic carbocycles. The molecule has 3 N–H and O–H groups in total. The van der Waals surface area contributed by atoms with Gasteiger partial charge in [0, 0.05) is 12.2 Å². The van der Waals surface area contributed by atoms with Gasteiger partial charge in [-0.2, -0.15) is 0 Å². The highest BCUT2D eigenvalue weighted by molar-refractivity contribution is 8.14. The number of benzene rings is 1. The summed E-state index contributed by atoms with van der Waals surface area (Å²) in [7, 11) is 0. The molecular formula is C14H16N2O4S. The molecule has 1 heterocycles. The van der Waals surface area contributed by atoms with Crippen molar-refractivity contribution in [3.8, 4) is 0 Å². The number of rotatable bonds is 6. The number of aliphatic carboxylic acids is 1. The molecule has 0 radical (unpaired) electrons. The molecule has 0 spiro atoms. The Kier molecular flexibility index (Phi) is 5.21. The Morgan fingerprint density at radius 1 is 1.38 bits per heavy atom. The lowest BCUT2D eigenvalue weighted by molar-refractivity contribution is -0.137. The van der Waals surface area contributed by atoms with E-state index in [1.165, 1.54) is 0 Å². The van der Waals surface area contributed by atoms with Crippen molar-refractivity contribution in [1.82, 2.24) is 10.6 Å². The number of amides is 2. The molecule has 1 saturated heterocycles. The van der Waals surface area contributed by atoms with Crippen LogP contribution in [0, 0.1) is 0 Å². The van der Waals surface area contributed by atoms with E-state index >= 15 is 0 Å². The lowest BCUT2D eigenvalue weighted by atomic mass is 10.0. The van der Waals surface area contributed by atoms with Gasteiger partial charge in [0.15, 0.2) is 0 Å². The van der Waals surface area contributed by atoms with Crippen LogP contribution in [-0.2, 0) is 9.59 Å². The SMILES string of the molecule is O=C(O)CCC(NC(=O)C1CSC(=O)N1)c1ccccc1. The predicted molar refractivity (Wildman–Crippen MR) is 79.0 cm³/mol. The van der Waals surface area contributed by atoms with Crippen molar-refractivity contribution < 1.29 is 19.5 Å². The van der Waals surface area contributed by atoms with Gasteiger partial charge in [0.25, 0.3) is 5.24 Å². The van der Waals surface area contributed by atoms with Gasteiger partial charge in [-0.15, -0.1) is 0 Å². The van der Waals surface area contributed by atoms with Gasteiger partial charge in [-0.05, 0) is 12.0 Å². The van der Waals surface area contributed by atoms with E-state index in [4.69, 9.17) is 5.11 Å². The molecule has 7 heteroatoms. The summed E-state index contributed by atoms with van der Waals surface area (Å²) in [6, 6.07) is 8.28. The number of hydrogen-bond donors (Lipinski definition) is 3. The van der Waals surface area contributed by atoms with Crippen LogP contribution < -0.4 is 10.6 Å². The van der Waals surface area contributed by atoms with Crippen molar-refractivity contribution in [3.05, 3.63) is 35.9 Å². The standard InChI is InChI=1S/C14H16N2O4S/c17-12(18)7-6-10(9-4-2-1-3-5-9)15-13(19)11-8-21-14(20)16-11/h1-5,10-11H,6-8H2,(H,15,19)(H,16,20)(H,17,18). The number of nitrogens with one attached hydrogen (secondary N) is 2. The number of carboxylic acids is 1. The zero-order chi connectivity index (χ0) is 15.2. The van der Waals surface area contributed by atoms with Crippen LogP contribution in [0.4, 0.5) is 4.79 Å². The van der Waals surface area contributed by atoms with Crippen LogP contribution in [0.5, 0.6) is 0 Å². The molecule has 0 saturated carbocycles. The maximum absolute atomic E-state index is 12.1. The summed E-state index contributed by atoms with van der Waals surface area (Å²) in [5.74, 6) is -0.798. The first kappa shape index (κ1) is 15.4. The maximum atomic E-state index is 12.1. The highest BCUT2D eigenvalue weighted by Crippen LogP contribution is 2.20. The number of hydrogen-bond acceptors (Lipinski definition) is 4. The third-order valence-corrected chi connectivity index (χ3v) is 4.04. The molecule has 1 aromatic carbocycles. The Morgan fingerprint density at radius 2 is 2.10 bits per heavy atom. The zero-order valence-electron chi connectivity index (χ0n) is 11.2. The first-order chi connectivity index (χ1) is 10.1. The van der Waals surface area contributed by atoms with Crippen LogP contribution in [0.15, 0.2) is 30.3 Å². The molecule has 2 rings (SSSR count). The molecule has 112 valence electrons. The summed E-state index contributed by atoms with van der Waals surface area (Å²) >= 11 is 1.07. The van der Waals surface area contributed by atoms with E-state index in [9.17, 15) is 14.4 Å². The first-order valence-electron chi connectivity index (χ1n) is 6.56. The summed E-state index contributed by atoms with van der Waals surface area (Å²) in [6.07, 6.45) is 0.268. The van der Waals surface area contributed by atoms with E-state index in [0.717, 1.165) is 17.3 Å². The molecule has 0 aromatic heterocycles. The molecule has 2 unspecified atom stereocenters. The lowest BCUT2D eigenvalue weighted by Gasteiger charge is -2.20. The Bertz CT molecular complexity index is 535. The molecule has 21 heavy (non-hydrogen) atoms. The molecule has 0 bridgehead atoms. The van der Waals surface area contributed by atoms with Gasteiger partial charge in [-0.25, -0.2) is 0 Å². The van der Waals surface area contributed by atoms with Gasteiger partial charge < -0.3 is 15.7 Å². The van der Waals surface area contributed by atoms with Gasteiger partial charge in [-0.1, -0.05) is 42.1 Å². The summed E-state index contributed by atoms with van der Waals surface area (Å²) in [5, 5.41) is 14.0. The quantitative estimate of drug-likeness (QED) is 0.741. The number of carboxylic acid groups (broad SMARTS) is 1. The van der Waals surface area contributed by atoms with E-state index in [-0.39, 0.29) is 23.6 Å². The fourth-order valence-electron chi connectivity index (χ4n) is 2.07. The summed E-state index contributed by atoms with van der Waals surface area (Å²) in [4.78, 5) is 34.0. The monoisotopic (exact) mass is 308 g/mol. The van der Waals surface area contributed by atoms with Gasteiger partial charge in [0.05, 0.1) is 6.04 Å². The smallest absolute Gasteiger partial charge is 0.303 e. The van der Waals surface area contributed by atoms with E-state index in [1.54, 1.807) is 0 Å². The number of thioether (sulfide) groups is 1. The average molecular weight is 308 g/mol. The fraction of sp³-hybridized carbons (Fsp3) is 0.357. The van der Waals surface area contributed by atoms with Crippen LogP contribution >= 0.6 is 11.8 Å². The lowest BCUT2D eigenvalue weighted by Crippen LogP contribution is -2.44. The maximum Gasteiger partial charge on any atom is 0.303 e. The van der Waals surface area contributed by atoms with Crippen molar-refractivity contribution in [2.75, 3.05) is 5.75 Å². The highest BCUT2D eigenvalue weighted by atomic mass is 32.2. The van der Waals surface area contributed by atoms with Gasteiger partial charge >= 0.3 is 5.97 Å². The van der Waals surface area contributed by atoms with Crippen molar-refractivity contribution in [3.63, 3.8) is 0 Å². The van der Waals surface area contributed by atoms with Gasteiger partial charge in [0.2, 0.25) is 5.91 Å². The van der Waals surface area contributed by atoms with Crippen LogP contribution in [0.2, 0.25) is 0 Å². The van der Waals surface area contributed by atoms with Gasteiger partial charge in [-0.3, -0.25) is 14.4 Å². The Labute approximate surface area is 126 Å². The van der Waals surface area contributed by atoms with Crippen LogP contribution in [0.3, 0.4) is 0 Å². The summed E-state index contributed by atoms with van der Waals surface area (Å²) in [5.41, 5.74) is 0.851. The van der Waals surface area contributed by atoms with E-state index in [0.29, 0.717) is 12.2 Å². The molecular weight excluding hydrogens is 292 g/mol. The molecule has 2 atom stereocenters. The average Bonchev–Trinajstić information content (AvgIpc) is 2.90. The second-order valence-electron chi connectivity index (χ2n) is 4.70. The molecule has 1 aliphatic rings. The highest BCUT2D eigenvalue weighted by Gasteiger charge is 2.29. The zero-order valence-corrected chi connectivity index (χ0v) is 12.1. The molecule has 1 aliphatic heterocycles. The van der Waals surface area contributed by atoms with Crippen molar-refractivity contribution >= 4 is 28.9 Å². The van der Waals surface area contributed by atoms with E-state index in [1.807, 2.05) is 30.3 Å². The molecule has 1 aromatic rings. The topological polar surface area (TPSA) is 95.5 Å². The van der Waals surface area contributed by atoms with E-state index < -0.39 is 12.0 Å². The van der Waals surface area contributed by atoms with Gasteiger partial charge in [0.1, 0.15) is 6.04 Å². The third-order valence-electron chi connectivity index (χ3n) is 3.15.